The van der Waals surface area contributed by atoms with Gasteiger partial charge in [0.25, 0.3) is 0 Å². The molecule has 1 aliphatic carbocycles. The topological polar surface area (TPSA) is 62.3 Å². The number of carbonyl (C=O) groups is 2. The second-order valence-corrected chi connectivity index (χ2v) is 8.02. The van der Waals surface area contributed by atoms with E-state index in [0.717, 1.165) is 11.3 Å². The Balaban J connectivity index is 1.58. The van der Waals surface area contributed by atoms with Gasteiger partial charge in [0.15, 0.2) is 0 Å². The molecule has 0 bridgehead atoms. The summed E-state index contributed by atoms with van der Waals surface area (Å²) in [6, 6.07) is 12.4. The third-order valence-corrected chi connectivity index (χ3v) is 6.06. The van der Waals surface area contributed by atoms with Crippen LogP contribution in [0.15, 0.2) is 48.7 Å². The lowest BCUT2D eigenvalue weighted by molar-refractivity contribution is -0.137. The molecule has 6 heteroatoms. The van der Waals surface area contributed by atoms with Crippen molar-refractivity contribution in [3.63, 3.8) is 0 Å². The average molecular weight is 395 g/mol. The van der Waals surface area contributed by atoms with E-state index in [1.807, 2.05) is 42.6 Å². The second-order valence-electron chi connectivity index (χ2n) is 8.02. The van der Waals surface area contributed by atoms with Crippen LogP contribution in [0.2, 0.25) is 0 Å². The monoisotopic (exact) mass is 395 g/mol. The molecule has 3 atom stereocenters. The maximum Gasteiger partial charge on any atom is 0.243 e. The summed E-state index contributed by atoms with van der Waals surface area (Å²) in [6.45, 7) is 1.34. The first kappa shape index (κ1) is 19.6. The van der Waals surface area contributed by atoms with Crippen molar-refractivity contribution >= 4 is 11.8 Å². The summed E-state index contributed by atoms with van der Waals surface area (Å²) in [7, 11) is 0. The lowest BCUT2D eigenvalue weighted by Gasteiger charge is -2.27. The number of amides is 2. The minimum atomic E-state index is -1.18. The third-order valence-electron chi connectivity index (χ3n) is 6.06. The lowest BCUT2D eigenvalue weighted by atomic mass is 9.80. The molecular formula is C23H26FN3O2. The molecule has 1 saturated heterocycles. The molecule has 2 fully saturated rings. The first-order valence-electron chi connectivity index (χ1n) is 10.3. The first-order valence-corrected chi connectivity index (χ1v) is 10.3. The Kier molecular flexibility index (Phi) is 5.60. The van der Waals surface area contributed by atoms with E-state index < -0.39 is 18.3 Å². The van der Waals surface area contributed by atoms with E-state index in [0.29, 0.717) is 5.92 Å². The SMILES string of the molecule is CC(=O)N1CC(F)CC1C(=O)NC(c1ccccc1)c1ccc(C2CCC2)cn1. The van der Waals surface area contributed by atoms with Crippen LogP contribution in [0.3, 0.4) is 0 Å². The van der Waals surface area contributed by atoms with E-state index >= 15 is 0 Å². The Morgan fingerprint density at radius 3 is 2.52 bits per heavy atom. The van der Waals surface area contributed by atoms with Gasteiger partial charge in [-0.1, -0.05) is 42.8 Å². The van der Waals surface area contributed by atoms with Gasteiger partial charge in [-0.05, 0) is 36.0 Å². The fourth-order valence-electron chi connectivity index (χ4n) is 4.16. The van der Waals surface area contributed by atoms with Gasteiger partial charge in [-0.25, -0.2) is 4.39 Å². The fraction of sp³-hybridized carbons (Fsp3) is 0.435. The highest BCUT2D eigenvalue weighted by molar-refractivity contribution is 5.88. The summed E-state index contributed by atoms with van der Waals surface area (Å²) in [5.74, 6) is -0.0472. The van der Waals surface area contributed by atoms with E-state index in [1.165, 1.54) is 36.6 Å². The number of likely N-dealkylation sites (tertiary alicyclic amines) is 1. The molecule has 1 aromatic carbocycles. The summed E-state index contributed by atoms with van der Waals surface area (Å²) >= 11 is 0. The highest BCUT2D eigenvalue weighted by Crippen LogP contribution is 2.36. The molecular weight excluding hydrogens is 369 g/mol. The average Bonchev–Trinajstić information content (AvgIpc) is 3.08. The summed E-state index contributed by atoms with van der Waals surface area (Å²) in [4.78, 5) is 30.8. The summed E-state index contributed by atoms with van der Waals surface area (Å²) in [5, 5.41) is 3.01. The van der Waals surface area contributed by atoms with Crippen molar-refractivity contribution < 1.29 is 14.0 Å². The van der Waals surface area contributed by atoms with Crippen molar-refractivity contribution in [2.75, 3.05) is 6.54 Å². The largest absolute Gasteiger partial charge is 0.342 e. The molecule has 2 heterocycles. The minimum absolute atomic E-state index is 0.0287. The minimum Gasteiger partial charge on any atom is -0.342 e. The number of alkyl halides is 1. The Hall–Kier alpha value is -2.76. The van der Waals surface area contributed by atoms with Crippen molar-refractivity contribution in [1.82, 2.24) is 15.2 Å². The number of halogens is 1. The van der Waals surface area contributed by atoms with Gasteiger partial charge in [-0.2, -0.15) is 0 Å². The normalized spacial score (nSPS) is 22.8. The van der Waals surface area contributed by atoms with Crippen LogP contribution in [0.1, 0.15) is 61.4 Å². The van der Waals surface area contributed by atoms with Crippen LogP contribution in [-0.4, -0.2) is 40.5 Å². The number of benzene rings is 1. The summed E-state index contributed by atoms with van der Waals surface area (Å²) in [6.07, 6.45) is 4.42. The van der Waals surface area contributed by atoms with Gasteiger partial charge >= 0.3 is 0 Å². The third kappa shape index (κ3) is 4.16. The smallest absolute Gasteiger partial charge is 0.243 e. The molecule has 1 aromatic heterocycles. The molecule has 1 saturated carbocycles. The maximum absolute atomic E-state index is 13.9. The van der Waals surface area contributed by atoms with E-state index in [4.69, 9.17) is 0 Å². The molecule has 2 aliphatic rings. The van der Waals surface area contributed by atoms with Gasteiger partial charge in [0.1, 0.15) is 12.2 Å². The predicted molar refractivity (Wildman–Crippen MR) is 108 cm³/mol. The summed E-state index contributed by atoms with van der Waals surface area (Å²) in [5.41, 5.74) is 2.86. The van der Waals surface area contributed by atoms with Crippen molar-refractivity contribution in [3.8, 4) is 0 Å². The molecule has 3 unspecified atom stereocenters. The van der Waals surface area contributed by atoms with E-state index in [1.54, 1.807) is 0 Å². The fourth-order valence-corrected chi connectivity index (χ4v) is 4.16. The Morgan fingerprint density at radius 2 is 1.93 bits per heavy atom. The van der Waals surface area contributed by atoms with Crippen LogP contribution in [0.5, 0.6) is 0 Å². The molecule has 2 aromatic rings. The summed E-state index contributed by atoms with van der Waals surface area (Å²) < 4.78 is 13.9. The number of hydrogen-bond donors (Lipinski definition) is 1. The van der Waals surface area contributed by atoms with Crippen molar-refractivity contribution in [2.24, 2.45) is 0 Å². The Morgan fingerprint density at radius 1 is 1.17 bits per heavy atom. The van der Waals surface area contributed by atoms with Gasteiger partial charge in [0.05, 0.1) is 18.3 Å². The van der Waals surface area contributed by atoms with E-state index in [-0.39, 0.29) is 24.8 Å². The quantitative estimate of drug-likeness (QED) is 0.843. The zero-order valence-corrected chi connectivity index (χ0v) is 16.6. The van der Waals surface area contributed by atoms with Crippen LogP contribution in [0.25, 0.3) is 0 Å². The van der Waals surface area contributed by atoms with E-state index in [9.17, 15) is 14.0 Å². The number of aromatic nitrogens is 1. The van der Waals surface area contributed by atoms with Crippen LogP contribution >= 0.6 is 0 Å². The van der Waals surface area contributed by atoms with Crippen molar-refractivity contribution in [1.29, 1.82) is 0 Å². The highest BCUT2D eigenvalue weighted by Gasteiger charge is 2.39. The zero-order chi connectivity index (χ0) is 20.4. The van der Waals surface area contributed by atoms with Gasteiger partial charge in [0, 0.05) is 19.5 Å². The van der Waals surface area contributed by atoms with Gasteiger partial charge in [-0.3, -0.25) is 14.6 Å². The maximum atomic E-state index is 13.9. The van der Waals surface area contributed by atoms with Gasteiger partial charge in [0.2, 0.25) is 11.8 Å². The molecule has 1 N–H and O–H groups in total. The highest BCUT2D eigenvalue weighted by atomic mass is 19.1. The van der Waals surface area contributed by atoms with Gasteiger partial charge in [-0.15, -0.1) is 0 Å². The number of rotatable bonds is 5. The Labute approximate surface area is 170 Å². The Bertz CT molecular complexity index is 867. The predicted octanol–water partition coefficient (Wildman–Crippen LogP) is 3.51. The van der Waals surface area contributed by atoms with Gasteiger partial charge < -0.3 is 10.2 Å². The van der Waals surface area contributed by atoms with E-state index in [2.05, 4.69) is 16.4 Å². The van der Waals surface area contributed by atoms with Crippen LogP contribution in [0.4, 0.5) is 4.39 Å². The number of nitrogens with one attached hydrogen (secondary N) is 1. The molecule has 2 amide bonds. The molecule has 0 radical (unpaired) electrons. The standard InChI is InChI=1S/C23H26FN3O2/c1-15(28)27-14-19(24)12-21(27)23(29)26-22(17-6-3-2-4-7-17)20-11-10-18(13-25-20)16-8-5-9-16/h2-4,6-7,10-11,13,16,19,21-22H,5,8-9,12,14H2,1H3,(H,26,29). The zero-order valence-electron chi connectivity index (χ0n) is 16.6. The van der Waals surface area contributed by atoms with Crippen LogP contribution in [-0.2, 0) is 9.59 Å². The molecule has 1 aliphatic heterocycles. The number of carbonyl (C=O) groups excluding carboxylic acids is 2. The number of nitrogens with zero attached hydrogens (tertiary/aromatic N) is 2. The van der Waals surface area contributed by atoms with Crippen molar-refractivity contribution in [3.05, 3.63) is 65.5 Å². The second kappa shape index (κ2) is 8.31. The molecule has 0 spiro atoms. The van der Waals surface area contributed by atoms with Crippen LogP contribution in [0, 0.1) is 0 Å². The lowest BCUT2D eigenvalue weighted by Crippen LogP contribution is -2.46. The molecule has 5 nitrogen and oxygen atoms in total. The molecule has 152 valence electrons. The van der Waals surface area contributed by atoms with Crippen molar-refractivity contribution in [2.45, 2.75) is 56.8 Å². The number of pyridine rings is 1. The first-order chi connectivity index (χ1) is 14.0. The molecule has 4 rings (SSSR count). The molecule has 29 heavy (non-hydrogen) atoms. The number of hydrogen-bond acceptors (Lipinski definition) is 3. The van der Waals surface area contributed by atoms with Crippen LogP contribution < -0.4 is 5.32 Å².